The molecule has 0 aliphatic carbocycles. The van der Waals surface area contributed by atoms with Crippen LogP contribution in [0.5, 0.6) is 0 Å². The first-order valence-electron chi connectivity index (χ1n) is 6.33. The van der Waals surface area contributed by atoms with Crippen LogP contribution in [0.1, 0.15) is 19.4 Å². The zero-order valence-electron chi connectivity index (χ0n) is 11.2. The van der Waals surface area contributed by atoms with Gasteiger partial charge >= 0.3 is 5.97 Å². The van der Waals surface area contributed by atoms with Crippen molar-refractivity contribution in [1.29, 1.82) is 0 Å². The fourth-order valence-corrected chi connectivity index (χ4v) is 2.88. The smallest absolute Gasteiger partial charge is 0.310 e. The van der Waals surface area contributed by atoms with Gasteiger partial charge in [0.05, 0.1) is 31.7 Å². The van der Waals surface area contributed by atoms with E-state index in [0.29, 0.717) is 13.2 Å². The predicted octanol–water partition coefficient (Wildman–Crippen LogP) is 2.40. The van der Waals surface area contributed by atoms with Gasteiger partial charge in [-0.2, -0.15) is 0 Å². The average Bonchev–Trinajstić information content (AvgIpc) is 2.33. The molecule has 1 heterocycles. The first kappa shape index (κ1) is 13.1. The highest BCUT2D eigenvalue weighted by molar-refractivity contribution is 5.75. The van der Waals surface area contributed by atoms with E-state index in [1.807, 2.05) is 18.2 Å². The zero-order chi connectivity index (χ0) is 13.2. The molecule has 1 aliphatic heterocycles. The van der Waals surface area contributed by atoms with Crippen molar-refractivity contribution in [2.45, 2.75) is 19.3 Å². The van der Waals surface area contributed by atoms with Gasteiger partial charge < -0.3 is 9.47 Å². The van der Waals surface area contributed by atoms with E-state index < -0.39 is 0 Å². The van der Waals surface area contributed by atoms with Crippen molar-refractivity contribution in [1.82, 2.24) is 0 Å². The Kier molecular flexibility index (Phi) is 3.71. The van der Waals surface area contributed by atoms with Crippen molar-refractivity contribution >= 4 is 5.97 Å². The number of methoxy groups -OCH3 is 1. The summed E-state index contributed by atoms with van der Waals surface area (Å²) in [6.07, 6.45) is 0. The second kappa shape index (κ2) is 5.11. The maximum absolute atomic E-state index is 12.1. The molecule has 1 aromatic carbocycles. The van der Waals surface area contributed by atoms with Crippen molar-refractivity contribution in [3.8, 4) is 0 Å². The lowest BCUT2D eigenvalue weighted by Crippen LogP contribution is -2.56. The summed E-state index contributed by atoms with van der Waals surface area (Å²) in [6.45, 7) is 5.30. The molecule has 1 aliphatic rings. The Hall–Kier alpha value is -1.35. The third kappa shape index (κ3) is 2.03. The van der Waals surface area contributed by atoms with Crippen LogP contribution in [-0.2, 0) is 19.7 Å². The Morgan fingerprint density at radius 3 is 2.28 bits per heavy atom. The summed E-state index contributed by atoms with van der Waals surface area (Å²) in [5.74, 6) is -0.0719. The summed E-state index contributed by atoms with van der Waals surface area (Å²) in [7, 11) is 1.45. The predicted molar refractivity (Wildman–Crippen MR) is 69.3 cm³/mol. The first-order chi connectivity index (χ1) is 8.62. The quantitative estimate of drug-likeness (QED) is 0.768. The van der Waals surface area contributed by atoms with E-state index >= 15 is 0 Å². The van der Waals surface area contributed by atoms with Gasteiger partial charge in [0.1, 0.15) is 0 Å². The summed E-state index contributed by atoms with van der Waals surface area (Å²) in [4.78, 5) is 12.1. The maximum Gasteiger partial charge on any atom is 0.310 e. The van der Waals surface area contributed by atoms with Crippen molar-refractivity contribution in [2.24, 2.45) is 11.8 Å². The minimum atomic E-state index is -0.220. The molecule has 0 N–H and O–H groups in total. The second-order valence-electron chi connectivity index (χ2n) is 5.26. The highest BCUT2D eigenvalue weighted by Gasteiger charge is 2.51. The van der Waals surface area contributed by atoms with Gasteiger partial charge in [0, 0.05) is 0 Å². The summed E-state index contributed by atoms with van der Waals surface area (Å²) in [6, 6.07) is 10.1. The van der Waals surface area contributed by atoms with Crippen molar-refractivity contribution in [2.75, 3.05) is 20.3 Å². The van der Waals surface area contributed by atoms with E-state index in [0.717, 1.165) is 0 Å². The molecule has 1 saturated heterocycles. The molecule has 0 spiro atoms. The summed E-state index contributed by atoms with van der Waals surface area (Å²) in [5.41, 5.74) is 0.947. The number of rotatable bonds is 4. The van der Waals surface area contributed by atoms with Gasteiger partial charge in [-0.3, -0.25) is 4.79 Å². The molecule has 0 amide bonds. The third-order valence-electron chi connectivity index (χ3n) is 3.79. The second-order valence-corrected chi connectivity index (χ2v) is 5.26. The van der Waals surface area contributed by atoms with Gasteiger partial charge in [-0.1, -0.05) is 44.2 Å². The molecule has 1 unspecified atom stereocenters. The van der Waals surface area contributed by atoms with E-state index in [2.05, 4.69) is 26.0 Å². The molecule has 1 aromatic rings. The minimum absolute atomic E-state index is 0.142. The minimum Gasteiger partial charge on any atom is -0.469 e. The number of hydrogen-bond donors (Lipinski definition) is 0. The lowest BCUT2D eigenvalue weighted by Gasteiger charge is -2.47. The van der Waals surface area contributed by atoms with Crippen LogP contribution in [0.15, 0.2) is 30.3 Å². The Morgan fingerprint density at radius 2 is 1.89 bits per heavy atom. The average molecular weight is 248 g/mol. The number of carbonyl (C=O) groups excluding carboxylic acids is 1. The first-order valence-corrected chi connectivity index (χ1v) is 6.33. The zero-order valence-corrected chi connectivity index (χ0v) is 11.2. The summed E-state index contributed by atoms with van der Waals surface area (Å²) in [5, 5.41) is 0. The van der Waals surface area contributed by atoms with Gasteiger partial charge in [0.15, 0.2) is 0 Å². The standard InChI is InChI=1S/C15H20O3/c1-11(2)13(14(16)17-3)15(9-18-10-15)12-7-5-4-6-8-12/h4-8,11,13H,9-10H2,1-3H3. The molecule has 0 aromatic heterocycles. The molecular formula is C15H20O3. The van der Waals surface area contributed by atoms with Crippen LogP contribution in [0.4, 0.5) is 0 Å². The number of benzene rings is 1. The van der Waals surface area contributed by atoms with E-state index in [1.54, 1.807) is 0 Å². The van der Waals surface area contributed by atoms with Gasteiger partial charge in [-0.05, 0) is 11.5 Å². The molecule has 18 heavy (non-hydrogen) atoms. The molecule has 2 rings (SSSR count). The molecule has 0 radical (unpaired) electrons. The third-order valence-corrected chi connectivity index (χ3v) is 3.79. The van der Waals surface area contributed by atoms with Gasteiger partial charge in [0.25, 0.3) is 0 Å². The largest absolute Gasteiger partial charge is 0.469 e. The molecule has 0 bridgehead atoms. The number of esters is 1. The molecule has 1 atom stereocenters. The highest BCUT2D eigenvalue weighted by atomic mass is 16.5. The van der Waals surface area contributed by atoms with Crippen LogP contribution in [0.3, 0.4) is 0 Å². The number of ether oxygens (including phenoxy) is 2. The van der Waals surface area contributed by atoms with Gasteiger partial charge in [-0.25, -0.2) is 0 Å². The molecule has 1 fully saturated rings. The summed E-state index contributed by atoms with van der Waals surface area (Å²) >= 11 is 0. The van der Waals surface area contributed by atoms with E-state index in [4.69, 9.17) is 9.47 Å². The van der Waals surface area contributed by atoms with Crippen LogP contribution < -0.4 is 0 Å². The van der Waals surface area contributed by atoms with Crippen LogP contribution in [0.2, 0.25) is 0 Å². The Balaban J connectivity index is 2.39. The van der Waals surface area contributed by atoms with Crippen LogP contribution in [0.25, 0.3) is 0 Å². The molecule has 0 saturated carbocycles. The molecule has 98 valence electrons. The Bertz CT molecular complexity index is 407. The van der Waals surface area contributed by atoms with E-state index in [-0.39, 0.29) is 23.2 Å². The van der Waals surface area contributed by atoms with Crippen LogP contribution in [0, 0.1) is 11.8 Å². The fraction of sp³-hybridized carbons (Fsp3) is 0.533. The Labute approximate surface area is 108 Å². The molecule has 3 heteroatoms. The van der Waals surface area contributed by atoms with E-state index in [1.165, 1.54) is 12.7 Å². The SMILES string of the molecule is COC(=O)C(C(C)C)C1(c2ccccc2)COC1. The number of carbonyl (C=O) groups is 1. The Morgan fingerprint density at radius 1 is 1.28 bits per heavy atom. The topological polar surface area (TPSA) is 35.5 Å². The van der Waals surface area contributed by atoms with Gasteiger partial charge in [0.2, 0.25) is 0 Å². The maximum atomic E-state index is 12.1. The normalized spacial score (nSPS) is 19.1. The molecular weight excluding hydrogens is 228 g/mol. The highest BCUT2D eigenvalue weighted by Crippen LogP contribution is 2.43. The van der Waals surface area contributed by atoms with Crippen LogP contribution in [-0.4, -0.2) is 26.3 Å². The lowest BCUT2D eigenvalue weighted by atomic mass is 9.64. The number of hydrogen-bond acceptors (Lipinski definition) is 3. The fourth-order valence-electron chi connectivity index (χ4n) is 2.88. The lowest BCUT2D eigenvalue weighted by molar-refractivity contribution is -0.164. The van der Waals surface area contributed by atoms with Crippen molar-refractivity contribution in [3.63, 3.8) is 0 Å². The van der Waals surface area contributed by atoms with E-state index in [9.17, 15) is 4.79 Å². The molecule has 3 nitrogen and oxygen atoms in total. The van der Waals surface area contributed by atoms with Gasteiger partial charge in [-0.15, -0.1) is 0 Å². The summed E-state index contributed by atoms with van der Waals surface area (Å²) < 4.78 is 10.4. The monoisotopic (exact) mass is 248 g/mol. The van der Waals surface area contributed by atoms with Crippen molar-refractivity contribution in [3.05, 3.63) is 35.9 Å². The van der Waals surface area contributed by atoms with Crippen molar-refractivity contribution < 1.29 is 14.3 Å². The van der Waals surface area contributed by atoms with Crippen LogP contribution >= 0.6 is 0 Å².